The molecule has 0 aliphatic carbocycles. The van der Waals surface area contributed by atoms with E-state index in [4.69, 9.17) is 0 Å². The lowest BCUT2D eigenvalue weighted by molar-refractivity contribution is -0.133. The number of hydrogen-bond acceptors (Lipinski definition) is 2. The molecule has 1 amide bonds. The maximum atomic E-state index is 12.1. The molecule has 1 N–H and O–H groups in total. The van der Waals surface area contributed by atoms with Gasteiger partial charge in [0, 0.05) is 25.6 Å². The molecule has 1 atom stereocenters. The third kappa shape index (κ3) is 5.26. The Morgan fingerprint density at radius 3 is 2.59 bits per heavy atom. The third-order valence-electron chi connectivity index (χ3n) is 3.80. The molecule has 0 saturated carbocycles. The largest absolute Gasteiger partial charge is 0.341 e. The number of hydrogen-bond donors (Lipinski definition) is 1. The van der Waals surface area contributed by atoms with E-state index in [1.54, 1.807) is 0 Å². The van der Waals surface area contributed by atoms with Crippen molar-refractivity contribution in [1.82, 2.24) is 10.2 Å². The quantitative estimate of drug-likeness (QED) is 0.826. The van der Waals surface area contributed by atoms with Crippen molar-refractivity contribution in [3.05, 3.63) is 0 Å². The van der Waals surface area contributed by atoms with Crippen molar-refractivity contribution in [3.8, 4) is 0 Å². The predicted molar refractivity (Wildman–Crippen MR) is 74.6 cm³/mol. The van der Waals surface area contributed by atoms with E-state index in [1.165, 1.54) is 6.42 Å². The summed E-state index contributed by atoms with van der Waals surface area (Å²) in [5, 5.41) is 3.28. The van der Waals surface area contributed by atoms with Gasteiger partial charge in [0.25, 0.3) is 0 Å². The summed E-state index contributed by atoms with van der Waals surface area (Å²) in [6, 6.07) is 0.499. The lowest BCUT2D eigenvalue weighted by atomic mass is 9.97. The van der Waals surface area contributed by atoms with Crippen LogP contribution >= 0.6 is 12.4 Å². The Morgan fingerprint density at radius 2 is 2.06 bits per heavy atom. The van der Waals surface area contributed by atoms with Gasteiger partial charge in [0.15, 0.2) is 0 Å². The zero-order valence-corrected chi connectivity index (χ0v) is 12.2. The van der Waals surface area contributed by atoms with Gasteiger partial charge in [-0.3, -0.25) is 4.79 Å². The summed E-state index contributed by atoms with van der Waals surface area (Å²) in [5.74, 6) is 0.927. The molecule has 3 nitrogen and oxygen atoms in total. The number of nitrogens with one attached hydrogen (secondary N) is 1. The molecule has 0 aromatic heterocycles. The molecule has 102 valence electrons. The highest BCUT2D eigenvalue weighted by Crippen LogP contribution is 2.17. The molecule has 0 bridgehead atoms. The first-order valence-corrected chi connectivity index (χ1v) is 6.66. The van der Waals surface area contributed by atoms with Crippen LogP contribution in [0, 0.1) is 5.92 Å². The summed E-state index contributed by atoms with van der Waals surface area (Å²) in [4.78, 5) is 14.1. The first kappa shape index (κ1) is 16.7. The summed E-state index contributed by atoms with van der Waals surface area (Å²) < 4.78 is 0. The fourth-order valence-electron chi connectivity index (χ4n) is 2.39. The van der Waals surface area contributed by atoms with Gasteiger partial charge >= 0.3 is 0 Å². The molecule has 1 heterocycles. The zero-order chi connectivity index (χ0) is 12.0. The number of amides is 1. The first-order valence-electron chi connectivity index (χ1n) is 6.66. The molecule has 1 unspecified atom stereocenters. The average Bonchev–Trinajstić information content (AvgIpc) is 2.35. The number of halogens is 1. The number of carbonyl (C=O) groups is 1. The molecule has 0 radical (unpaired) electrons. The van der Waals surface area contributed by atoms with E-state index in [0.29, 0.717) is 17.9 Å². The normalized spacial score (nSPS) is 20.2. The van der Waals surface area contributed by atoms with Crippen molar-refractivity contribution in [1.29, 1.82) is 0 Å². The van der Waals surface area contributed by atoms with Crippen LogP contribution in [-0.4, -0.2) is 37.0 Å². The molecule has 1 aliphatic heterocycles. The number of carbonyl (C=O) groups excluding carboxylic acids is 1. The molecular weight excluding hydrogens is 236 g/mol. The van der Waals surface area contributed by atoms with E-state index in [-0.39, 0.29) is 12.4 Å². The second-order valence-corrected chi connectivity index (χ2v) is 4.85. The number of nitrogens with zero attached hydrogens (tertiary/aromatic N) is 1. The number of rotatable bonds is 5. The smallest absolute Gasteiger partial charge is 0.222 e. The first-order chi connectivity index (χ1) is 7.71. The second kappa shape index (κ2) is 8.76. The Bertz CT molecular complexity index is 219. The Morgan fingerprint density at radius 1 is 1.41 bits per heavy atom. The van der Waals surface area contributed by atoms with Crippen molar-refractivity contribution < 1.29 is 4.79 Å². The fourth-order valence-corrected chi connectivity index (χ4v) is 2.39. The molecule has 0 aromatic rings. The molecule has 1 fully saturated rings. The van der Waals surface area contributed by atoms with Gasteiger partial charge in [-0.1, -0.05) is 26.7 Å². The number of piperidine rings is 1. The minimum Gasteiger partial charge on any atom is -0.341 e. The fraction of sp³-hybridized carbons (Fsp3) is 0.923. The van der Waals surface area contributed by atoms with E-state index in [1.807, 2.05) is 11.9 Å². The Kier molecular flexibility index (Phi) is 8.61. The van der Waals surface area contributed by atoms with Crippen LogP contribution in [0.2, 0.25) is 0 Å². The molecule has 17 heavy (non-hydrogen) atoms. The van der Waals surface area contributed by atoms with E-state index in [9.17, 15) is 4.79 Å². The van der Waals surface area contributed by atoms with E-state index in [0.717, 1.165) is 38.8 Å². The lowest BCUT2D eigenvalue weighted by Gasteiger charge is -2.33. The van der Waals surface area contributed by atoms with E-state index >= 15 is 0 Å². The van der Waals surface area contributed by atoms with Gasteiger partial charge < -0.3 is 10.2 Å². The Hall–Kier alpha value is -0.280. The summed E-state index contributed by atoms with van der Waals surface area (Å²) in [5.41, 5.74) is 0. The van der Waals surface area contributed by atoms with Gasteiger partial charge in [-0.2, -0.15) is 0 Å². The van der Waals surface area contributed by atoms with Crippen molar-refractivity contribution in [2.75, 3.05) is 20.1 Å². The zero-order valence-electron chi connectivity index (χ0n) is 11.4. The van der Waals surface area contributed by atoms with Crippen molar-refractivity contribution >= 4 is 18.3 Å². The molecule has 1 aliphatic rings. The highest BCUT2D eigenvalue weighted by molar-refractivity contribution is 5.85. The topological polar surface area (TPSA) is 32.3 Å². The maximum absolute atomic E-state index is 12.1. The molecule has 1 saturated heterocycles. The summed E-state index contributed by atoms with van der Waals surface area (Å²) in [7, 11) is 1.99. The van der Waals surface area contributed by atoms with Crippen LogP contribution in [-0.2, 0) is 4.79 Å². The molecular formula is C13H27ClN2O. The minimum absolute atomic E-state index is 0. The van der Waals surface area contributed by atoms with Gasteiger partial charge in [-0.25, -0.2) is 0 Å². The van der Waals surface area contributed by atoms with E-state index < -0.39 is 0 Å². The standard InChI is InChI=1S/C13H26N2O.ClH/c1-4-11(5-2)9-13(16)15-8-6-7-12(10-15)14-3;/h11-12,14H,4-10H2,1-3H3;1H. The van der Waals surface area contributed by atoms with Gasteiger partial charge in [0.05, 0.1) is 0 Å². The predicted octanol–water partition coefficient (Wildman–Crippen LogP) is 2.44. The third-order valence-corrected chi connectivity index (χ3v) is 3.80. The monoisotopic (exact) mass is 262 g/mol. The summed E-state index contributed by atoms with van der Waals surface area (Å²) >= 11 is 0. The van der Waals surface area contributed by atoms with Crippen LogP contribution in [0.1, 0.15) is 46.0 Å². The molecule has 0 aromatic carbocycles. The average molecular weight is 263 g/mol. The van der Waals surface area contributed by atoms with Crippen molar-refractivity contribution in [3.63, 3.8) is 0 Å². The second-order valence-electron chi connectivity index (χ2n) is 4.85. The van der Waals surface area contributed by atoms with Crippen LogP contribution in [0.5, 0.6) is 0 Å². The highest BCUT2D eigenvalue weighted by atomic mass is 35.5. The molecule has 4 heteroatoms. The van der Waals surface area contributed by atoms with Crippen LogP contribution in [0.4, 0.5) is 0 Å². The SMILES string of the molecule is CCC(CC)CC(=O)N1CCCC(NC)C1.Cl. The highest BCUT2D eigenvalue weighted by Gasteiger charge is 2.23. The lowest BCUT2D eigenvalue weighted by Crippen LogP contribution is -2.47. The molecule has 0 spiro atoms. The Labute approximate surface area is 112 Å². The van der Waals surface area contributed by atoms with Gasteiger partial charge in [-0.05, 0) is 25.8 Å². The van der Waals surface area contributed by atoms with Gasteiger partial charge in [0.2, 0.25) is 5.91 Å². The van der Waals surface area contributed by atoms with Crippen LogP contribution < -0.4 is 5.32 Å². The van der Waals surface area contributed by atoms with Crippen LogP contribution in [0.25, 0.3) is 0 Å². The summed E-state index contributed by atoms with van der Waals surface area (Å²) in [6.07, 6.45) is 5.31. The van der Waals surface area contributed by atoms with Gasteiger partial charge in [0.1, 0.15) is 0 Å². The van der Waals surface area contributed by atoms with Crippen LogP contribution in [0.3, 0.4) is 0 Å². The van der Waals surface area contributed by atoms with Crippen molar-refractivity contribution in [2.24, 2.45) is 5.92 Å². The molecule has 1 rings (SSSR count). The number of likely N-dealkylation sites (tertiary alicyclic amines) is 1. The number of likely N-dealkylation sites (N-methyl/N-ethyl adjacent to an activating group) is 1. The Balaban J connectivity index is 0.00000256. The minimum atomic E-state index is 0. The summed E-state index contributed by atoms with van der Waals surface area (Å²) in [6.45, 7) is 6.20. The van der Waals surface area contributed by atoms with E-state index in [2.05, 4.69) is 19.2 Å². The maximum Gasteiger partial charge on any atom is 0.222 e. The van der Waals surface area contributed by atoms with Crippen molar-refractivity contribution in [2.45, 2.75) is 52.0 Å². The van der Waals surface area contributed by atoms with Crippen LogP contribution in [0.15, 0.2) is 0 Å². The van der Waals surface area contributed by atoms with Gasteiger partial charge in [-0.15, -0.1) is 12.4 Å².